The second-order valence-corrected chi connectivity index (χ2v) is 9.00. The highest BCUT2D eigenvalue weighted by Crippen LogP contribution is 2.43. The van der Waals surface area contributed by atoms with Gasteiger partial charge < -0.3 is 15.0 Å². The van der Waals surface area contributed by atoms with Gasteiger partial charge in [0.05, 0.1) is 22.3 Å². The van der Waals surface area contributed by atoms with Gasteiger partial charge in [-0.3, -0.25) is 14.9 Å². The molecule has 2 aromatic carbocycles. The first-order valence-corrected chi connectivity index (χ1v) is 10.5. The molecule has 0 aromatic heterocycles. The van der Waals surface area contributed by atoms with E-state index in [1.165, 1.54) is 24.3 Å². The Hall–Kier alpha value is -3.68. The van der Waals surface area contributed by atoms with Crippen LogP contribution in [0.5, 0.6) is 5.75 Å². The van der Waals surface area contributed by atoms with Crippen molar-refractivity contribution in [1.82, 2.24) is 0 Å². The van der Waals surface area contributed by atoms with E-state index in [0.717, 1.165) is 23.5 Å². The largest absolute Gasteiger partial charge is 0.425 e. The minimum Gasteiger partial charge on any atom is -0.425 e. The normalized spacial score (nSPS) is 19.4. The Morgan fingerprint density at radius 1 is 1.19 bits per heavy atom. The third kappa shape index (κ3) is 4.21. The Morgan fingerprint density at radius 2 is 1.88 bits per heavy atom. The molecule has 1 atom stereocenters. The Bertz CT molecular complexity index is 1120. The van der Waals surface area contributed by atoms with Gasteiger partial charge in [-0.15, -0.1) is 0 Å². The average molecular weight is 435 g/mol. The molecule has 0 unspecified atom stereocenters. The summed E-state index contributed by atoms with van der Waals surface area (Å²) >= 11 is 0. The number of Topliss-reactive ketones (excluding diaryl/α,β-unsaturated/α-hetero) is 1. The van der Waals surface area contributed by atoms with Crippen LogP contribution in [0.2, 0.25) is 0 Å². The van der Waals surface area contributed by atoms with Gasteiger partial charge in [0, 0.05) is 29.8 Å². The standard InChI is InChI=1S/C24H25N3O5/c1-15-23-19(12-24(2,3)13-21(23)28)25-18-6-4-5-7-20(18)26(15)14-22(29)32-17-10-8-16(9-11-17)27(30)31/h4-11,15,25H,12-14H2,1-3H3/t15-/m1/s1. The first-order chi connectivity index (χ1) is 15.1. The van der Waals surface area contributed by atoms with Crippen LogP contribution in [0.3, 0.4) is 0 Å². The number of allylic oxidation sites excluding steroid dienone is 1. The monoisotopic (exact) mass is 435 g/mol. The van der Waals surface area contributed by atoms with Crippen molar-refractivity contribution in [3.05, 3.63) is 69.9 Å². The number of ketones is 1. The lowest BCUT2D eigenvalue weighted by atomic mass is 9.74. The number of nitrogens with zero attached hydrogens (tertiary/aromatic N) is 2. The number of nitro benzene ring substituents is 1. The lowest BCUT2D eigenvalue weighted by Gasteiger charge is -2.35. The predicted octanol–water partition coefficient (Wildman–Crippen LogP) is 4.46. The summed E-state index contributed by atoms with van der Waals surface area (Å²) in [5, 5.41) is 14.3. The van der Waals surface area contributed by atoms with Crippen LogP contribution in [0.4, 0.5) is 17.1 Å². The van der Waals surface area contributed by atoms with Gasteiger partial charge in [-0.2, -0.15) is 0 Å². The maximum absolute atomic E-state index is 13.1. The average Bonchev–Trinajstić information content (AvgIpc) is 2.82. The van der Waals surface area contributed by atoms with Crippen LogP contribution in [-0.4, -0.2) is 29.3 Å². The van der Waals surface area contributed by atoms with Gasteiger partial charge in [0.15, 0.2) is 5.78 Å². The Balaban J connectivity index is 1.62. The van der Waals surface area contributed by atoms with Crippen molar-refractivity contribution < 1.29 is 19.2 Å². The van der Waals surface area contributed by atoms with Crippen LogP contribution in [0.15, 0.2) is 59.8 Å². The zero-order valence-electron chi connectivity index (χ0n) is 18.3. The SMILES string of the molecule is C[C@@H]1C2=C(CC(C)(C)CC2=O)Nc2ccccc2N1CC(=O)Oc1ccc([N+](=O)[O-])cc1. The summed E-state index contributed by atoms with van der Waals surface area (Å²) in [5.74, 6) is -0.212. The number of para-hydroxylation sites is 2. The number of benzene rings is 2. The van der Waals surface area contributed by atoms with Crippen molar-refractivity contribution in [2.75, 3.05) is 16.8 Å². The molecular formula is C24H25N3O5. The lowest BCUT2D eigenvalue weighted by molar-refractivity contribution is -0.384. The molecule has 1 heterocycles. The molecule has 1 N–H and O–H groups in total. The molecule has 0 fully saturated rings. The van der Waals surface area contributed by atoms with Crippen LogP contribution < -0.4 is 15.0 Å². The van der Waals surface area contributed by atoms with E-state index in [-0.39, 0.29) is 35.2 Å². The van der Waals surface area contributed by atoms with E-state index in [1.54, 1.807) is 0 Å². The molecule has 0 spiro atoms. The predicted molar refractivity (Wildman–Crippen MR) is 121 cm³/mol. The van der Waals surface area contributed by atoms with E-state index < -0.39 is 10.9 Å². The van der Waals surface area contributed by atoms with Gasteiger partial charge in [0.25, 0.3) is 5.69 Å². The van der Waals surface area contributed by atoms with Gasteiger partial charge in [-0.05, 0) is 43.0 Å². The van der Waals surface area contributed by atoms with Crippen LogP contribution in [-0.2, 0) is 9.59 Å². The Labute approximate surface area is 186 Å². The molecule has 0 radical (unpaired) electrons. The molecule has 1 aliphatic carbocycles. The fraction of sp³-hybridized carbons (Fsp3) is 0.333. The van der Waals surface area contributed by atoms with Crippen LogP contribution in [0.25, 0.3) is 0 Å². The fourth-order valence-corrected chi connectivity index (χ4v) is 4.45. The molecule has 0 saturated heterocycles. The molecule has 8 heteroatoms. The number of anilines is 2. The highest BCUT2D eigenvalue weighted by atomic mass is 16.6. The smallest absolute Gasteiger partial charge is 0.330 e. The molecule has 2 aliphatic rings. The highest BCUT2D eigenvalue weighted by molar-refractivity contribution is 6.01. The van der Waals surface area contributed by atoms with Gasteiger partial charge in [-0.1, -0.05) is 26.0 Å². The van der Waals surface area contributed by atoms with E-state index in [1.807, 2.05) is 36.1 Å². The molecule has 0 saturated carbocycles. The van der Waals surface area contributed by atoms with E-state index in [0.29, 0.717) is 12.0 Å². The summed E-state index contributed by atoms with van der Waals surface area (Å²) < 4.78 is 5.43. The minimum atomic E-state index is -0.520. The van der Waals surface area contributed by atoms with Gasteiger partial charge in [-0.25, -0.2) is 4.79 Å². The van der Waals surface area contributed by atoms with Gasteiger partial charge in [0.2, 0.25) is 0 Å². The number of carbonyl (C=O) groups is 2. The first-order valence-electron chi connectivity index (χ1n) is 10.5. The summed E-state index contributed by atoms with van der Waals surface area (Å²) in [4.78, 5) is 38.0. The van der Waals surface area contributed by atoms with Gasteiger partial charge >= 0.3 is 5.97 Å². The van der Waals surface area contributed by atoms with Gasteiger partial charge in [0.1, 0.15) is 12.3 Å². The van der Waals surface area contributed by atoms with Crippen molar-refractivity contribution in [3.63, 3.8) is 0 Å². The zero-order valence-corrected chi connectivity index (χ0v) is 18.3. The number of esters is 1. The molecule has 8 nitrogen and oxygen atoms in total. The number of hydrogen-bond acceptors (Lipinski definition) is 7. The molecule has 1 aliphatic heterocycles. The lowest BCUT2D eigenvalue weighted by Crippen LogP contribution is -2.43. The maximum Gasteiger partial charge on any atom is 0.330 e. The number of carbonyl (C=O) groups excluding carboxylic acids is 2. The summed E-state index contributed by atoms with van der Waals surface area (Å²) in [6, 6.07) is 12.7. The number of nitro groups is 1. The van der Waals surface area contributed by atoms with E-state index >= 15 is 0 Å². The first kappa shape index (κ1) is 21.5. The molecule has 0 amide bonds. The zero-order chi connectivity index (χ0) is 23.0. The van der Waals surface area contributed by atoms with Crippen molar-refractivity contribution in [2.45, 2.75) is 39.7 Å². The third-order valence-electron chi connectivity index (χ3n) is 5.88. The van der Waals surface area contributed by atoms with Crippen LogP contribution >= 0.6 is 0 Å². The van der Waals surface area contributed by atoms with Crippen molar-refractivity contribution >= 4 is 28.8 Å². The quantitative estimate of drug-likeness (QED) is 0.327. The van der Waals surface area contributed by atoms with E-state index in [4.69, 9.17) is 4.74 Å². The van der Waals surface area contributed by atoms with Crippen molar-refractivity contribution in [2.24, 2.45) is 5.41 Å². The fourth-order valence-electron chi connectivity index (χ4n) is 4.45. The Morgan fingerprint density at radius 3 is 2.56 bits per heavy atom. The molecule has 2 aromatic rings. The number of hydrogen-bond donors (Lipinski definition) is 1. The summed E-state index contributed by atoms with van der Waals surface area (Å²) in [6.07, 6.45) is 1.20. The molecular weight excluding hydrogens is 410 g/mol. The third-order valence-corrected chi connectivity index (χ3v) is 5.88. The Kier molecular flexibility index (Phi) is 5.46. The molecule has 32 heavy (non-hydrogen) atoms. The molecule has 0 bridgehead atoms. The summed E-state index contributed by atoms with van der Waals surface area (Å²) in [6.45, 7) is 6.01. The number of ether oxygens (including phenoxy) is 1. The van der Waals surface area contributed by atoms with E-state index in [9.17, 15) is 19.7 Å². The maximum atomic E-state index is 13.1. The molecule has 166 valence electrons. The van der Waals surface area contributed by atoms with Crippen molar-refractivity contribution in [1.29, 1.82) is 0 Å². The summed E-state index contributed by atoms with van der Waals surface area (Å²) in [5.41, 5.74) is 3.02. The highest BCUT2D eigenvalue weighted by Gasteiger charge is 2.39. The van der Waals surface area contributed by atoms with Crippen LogP contribution in [0.1, 0.15) is 33.6 Å². The summed E-state index contributed by atoms with van der Waals surface area (Å²) in [7, 11) is 0. The topological polar surface area (TPSA) is 102 Å². The molecule has 4 rings (SSSR count). The number of fused-ring (bicyclic) bond motifs is 1. The van der Waals surface area contributed by atoms with Crippen molar-refractivity contribution in [3.8, 4) is 5.75 Å². The second kappa shape index (κ2) is 8.11. The minimum absolute atomic E-state index is 0.0791. The number of rotatable bonds is 4. The van der Waals surface area contributed by atoms with E-state index in [2.05, 4.69) is 19.2 Å². The number of nitrogens with one attached hydrogen (secondary N) is 1. The van der Waals surface area contributed by atoms with Crippen LogP contribution in [0, 0.1) is 15.5 Å². The number of non-ortho nitro benzene ring substituents is 1. The second-order valence-electron chi connectivity index (χ2n) is 9.00.